The molecule has 1 aromatic carbocycles. The summed E-state index contributed by atoms with van der Waals surface area (Å²) in [4.78, 5) is 20.3. The third kappa shape index (κ3) is 1.84. The molecule has 2 rings (SSSR count). The minimum Gasteiger partial charge on any atom is -0.288 e. The molecule has 2 aromatic rings. The van der Waals surface area contributed by atoms with Gasteiger partial charge in [-0.3, -0.25) is 4.79 Å². The number of ketones is 1. The van der Waals surface area contributed by atoms with Crippen molar-refractivity contribution in [3.8, 4) is 0 Å². The van der Waals surface area contributed by atoms with Crippen molar-refractivity contribution in [2.75, 3.05) is 0 Å². The number of carbonyl (C=O) groups is 1. The Labute approximate surface area is 94.2 Å². The number of benzene rings is 1. The third-order valence-electron chi connectivity index (χ3n) is 2.49. The second-order valence-corrected chi connectivity index (χ2v) is 3.61. The van der Waals surface area contributed by atoms with E-state index in [1.165, 1.54) is 6.33 Å². The fourth-order valence-corrected chi connectivity index (χ4v) is 1.66. The van der Waals surface area contributed by atoms with Gasteiger partial charge < -0.3 is 0 Å². The molecule has 1 aromatic heterocycles. The van der Waals surface area contributed by atoms with Gasteiger partial charge in [-0.25, -0.2) is 9.97 Å². The maximum atomic E-state index is 12.2. The Morgan fingerprint density at radius 1 is 1.00 bits per heavy atom. The first-order chi connectivity index (χ1) is 7.70. The van der Waals surface area contributed by atoms with Gasteiger partial charge in [0, 0.05) is 5.56 Å². The van der Waals surface area contributed by atoms with E-state index in [1.54, 1.807) is 12.1 Å². The van der Waals surface area contributed by atoms with Crippen LogP contribution in [0.4, 0.5) is 0 Å². The smallest absolute Gasteiger partial charge is 0.196 e. The van der Waals surface area contributed by atoms with Crippen molar-refractivity contribution in [2.24, 2.45) is 0 Å². The average molecular weight is 212 g/mol. The van der Waals surface area contributed by atoms with Crippen LogP contribution in [0.15, 0.2) is 36.7 Å². The maximum Gasteiger partial charge on any atom is 0.196 e. The quantitative estimate of drug-likeness (QED) is 0.717. The molecule has 0 fully saturated rings. The Kier molecular flexibility index (Phi) is 2.77. The molecule has 0 unspecified atom stereocenters. The van der Waals surface area contributed by atoms with E-state index in [1.807, 2.05) is 32.0 Å². The van der Waals surface area contributed by atoms with E-state index in [0.29, 0.717) is 11.1 Å². The standard InChI is InChI=1S/C13H12N2O/c1-9-12(10(2)15-8-14-9)13(16)11-6-4-3-5-7-11/h3-8H,1-2H3. The van der Waals surface area contributed by atoms with Crippen molar-refractivity contribution in [2.45, 2.75) is 13.8 Å². The van der Waals surface area contributed by atoms with Crippen LogP contribution in [-0.4, -0.2) is 15.8 Å². The molecule has 0 spiro atoms. The molecule has 80 valence electrons. The Bertz CT molecular complexity index is 500. The van der Waals surface area contributed by atoms with Crippen molar-refractivity contribution < 1.29 is 4.79 Å². The maximum absolute atomic E-state index is 12.2. The molecule has 0 bridgehead atoms. The van der Waals surface area contributed by atoms with E-state index in [9.17, 15) is 4.79 Å². The number of aromatic nitrogens is 2. The summed E-state index contributed by atoms with van der Waals surface area (Å²) in [6.45, 7) is 3.65. The highest BCUT2D eigenvalue weighted by Crippen LogP contribution is 2.14. The molecule has 3 heteroatoms. The van der Waals surface area contributed by atoms with Gasteiger partial charge in [0.25, 0.3) is 0 Å². The summed E-state index contributed by atoms with van der Waals surface area (Å²) in [7, 11) is 0. The van der Waals surface area contributed by atoms with Crippen LogP contribution >= 0.6 is 0 Å². The number of carbonyl (C=O) groups excluding carboxylic acids is 1. The molecule has 0 atom stereocenters. The summed E-state index contributed by atoms with van der Waals surface area (Å²) < 4.78 is 0. The number of rotatable bonds is 2. The summed E-state index contributed by atoms with van der Waals surface area (Å²) in [6.07, 6.45) is 1.48. The molecule has 3 nitrogen and oxygen atoms in total. The van der Waals surface area contributed by atoms with Gasteiger partial charge >= 0.3 is 0 Å². The minimum absolute atomic E-state index is 0.0174. The predicted molar refractivity (Wildman–Crippen MR) is 61.4 cm³/mol. The predicted octanol–water partition coefficient (Wildman–Crippen LogP) is 2.32. The first-order valence-electron chi connectivity index (χ1n) is 5.08. The van der Waals surface area contributed by atoms with Crippen molar-refractivity contribution >= 4 is 5.78 Å². The normalized spacial score (nSPS) is 10.1. The zero-order chi connectivity index (χ0) is 11.5. The van der Waals surface area contributed by atoms with Gasteiger partial charge in [0.2, 0.25) is 0 Å². The topological polar surface area (TPSA) is 42.9 Å². The van der Waals surface area contributed by atoms with Crippen LogP contribution in [0, 0.1) is 13.8 Å². The first kappa shape index (κ1) is 10.5. The van der Waals surface area contributed by atoms with Gasteiger partial charge in [-0.15, -0.1) is 0 Å². The molecule has 0 amide bonds. The molecule has 0 aliphatic rings. The van der Waals surface area contributed by atoms with E-state index in [-0.39, 0.29) is 5.78 Å². The summed E-state index contributed by atoms with van der Waals surface area (Å²) in [5, 5.41) is 0. The summed E-state index contributed by atoms with van der Waals surface area (Å²) in [6, 6.07) is 9.18. The molecular formula is C13H12N2O. The largest absolute Gasteiger partial charge is 0.288 e. The zero-order valence-electron chi connectivity index (χ0n) is 9.27. The highest BCUT2D eigenvalue weighted by molar-refractivity contribution is 6.10. The van der Waals surface area contributed by atoms with E-state index in [4.69, 9.17) is 0 Å². The second-order valence-electron chi connectivity index (χ2n) is 3.61. The molecule has 1 heterocycles. The highest BCUT2D eigenvalue weighted by Gasteiger charge is 2.15. The van der Waals surface area contributed by atoms with Crippen molar-refractivity contribution in [3.63, 3.8) is 0 Å². The van der Waals surface area contributed by atoms with Gasteiger partial charge in [0.1, 0.15) is 6.33 Å². The molecular weight excluding hydrogens is 200 g/mol. The summed E-state index contributed by atoms with van der Waals surface area (Å²) in [5.41, 5.74) is 2.72. The molecule has 16 heavy (non-hydrogen) atoms. The number of nitrogens with zero attached hydrogens (tertiary/aromatic N) is 2. The van der Waals surface area contributed by atoms with Crippen molar-refractivity contribution in [3.05, 3.63) is 59.2 Å². The molecule has 0 aliphatic heterocycles. The monoisotopic (exact) mass is 212 g/mol. The zero-order valence-corrected chi connectivity index (χ0v) is 9.27. The van der Waals surface area contributed by atoms with Crippen LogP contribution in [0.5, 0.6) is 0 Å². The van der Waals surface area contributed by atoms with Gasteiger partial charge in [-0.05, 0) is 13.8 Å². The minimum atomic E-state index is -0.0174. The lowest BCUT2D eigenvalue weighted by atomic mass is 10.0. The van der Waals surface area contributed by atoms with Crippen molar-refractivity contribution in [1.29, 1.82) is 0 Å². The SMILES string of the molecule is Cc1ncnc(C)c1C(=O)c1ccccc1. The average Bonchev–Trinajstić information content (AvgIpc) is 2.30. The highest BCUT2D eigenvalue weighted by atomic mass is 16.1. The fraction of sp³-hybridized carbons (Fsp3) is 0.154. The molecule has 0 saturated carbocycles. The first-order valence-corrected chi connectivity index (χ1v) is 5.08. The summed E-state index contributed by atoms with van der Waals surface area (Å²) in [5.74, 6) is -0.0174. The molecule has 0 saturated heterocycles. The Hall–Kier alpha value is -2.03. The lowest BCUT2D eigenvalue weighted by Gasteiger charge is -2.06. The van der Waals surface area contributed by atoms with Crippen LogP contribution in [0.2, 0.25) is 0 Å². The Morgan fingerprint density at radius 3 is 2.12 bits per heavy atom. The Balaban J connectivity index is 2.50. The second kappa shape index (κ2) is 4.23. The number of hydrogen-bond donors (Lipinski definition) is 0. The van der Waals surface area contributed by atoms with E-state index < -0.39 is 0 Å². The summed E-state index contributed by atoms with van der Waals surface area (Å²) >= 11 is 0. The van der Waals surface area contributed by atoms with E-state index in [2.05, 4.69) is 9.97 Å². The molecule has 0 radical (unpaired) electrons. The van der Waals surface area contributed by atoms with Crippen molar-refractivity contribution in [1.82, 2.24) is 9.97 Å². The van der Waals surface area contributed by atoms with E-state index in [0.717, 1.165) is 11.4 Å². The van der Waals surface area contributed by atoms with Crippen LogP contribution < -0.4 is 0 Å². The number of hydrogen-bond acceptors (Lipinski definition) is 3. The molecule has 0 N–H and O–H groups in total. The lowest BCUT2D eigenvalue weighted by Crippen LogP contribution is -2.08. The number of aryl methyl sites for hydroxylation is 2. The van der Waals surface area contributed by atoms with Crippen LogP contribution in [0.1, 0.15) is 27.3 Å². The van der Waals surface area contributed by atoms with Gasteiger partial charge in [0.05, 0.1) is 17.0 Å². The third-order valence-corrected chi connectivity index (χ3v) is 2.49. The van der Waals surface area contributed by atoms with E-state index >= 15 is 0 Å². The molecule has 0 aliphatic carbocycles. The Morgan fingerprint density at radius 2 is 1.56 bits per heavy atom. The van der Waals surface area contributed by atoms with Crippen LogP contribution in [0.3, 0.4) is 0 Å². The van der Waals surface area contributed by atoms with Gasteiger partial charge in [-0.1, -0.05) is 30.3 Å². The fourth-order valence-electron chi connectivity index (χ4n) is 1.66. The lowest BCUT2D eigenvalue weighted by molar-refractivity contribution is 0.103. The van der Waals surface area contributed by atoms with Crippen LogP contribution in [-0.2, 0) is 0 Å². The van der Waals surface area contributed by atoms with Gasteiger partial charge in [0.15, 0.2) is 5.78 Å². The van der Waals surface area contributed by atoms with Gasteiger partial charge in [-0.2, -0.15) is 0 Å². The van der Waals surface area contributed by atoms with Crippen LogP contribution in [0.25, 0.3) is 0 Å².